The lowest BCUT2D eigenvalue weighted by atomic mass is 9.91. The molecule has 2 heterocycles. The van der Waals surface area contributed by atoms with Gasteiger partial charge in [0, 0.05) is 48.9 Å². The van der Waals surface area contributed by atoms with Crippen molar-refractivity contribution in [3.8, 4) is 0 Å². The first-order valence-electron chi connectivity index (χ1n) is 13.3. The topological polar surface area (TPSA) is 97.6 Å². The van der Waals surface area contributed by atoms with E-state index >= 15 is 0 Å². The molecule has 4 aromatic rings. The third-order valence-corrected chi connectivity index (χ3v) is 8.16. The Labute approximate surface area is 238 Å². The highest BCUT2D eigenvalue weighted by molar-refractivity contribution is 7.99. The lowest BCUT2D eigenvalue weighted by molar-refractivity contribution is -0.268. The second kappa shape index (κ2) is 13.1. The molecule has 1 saturated heterocycles. The maximum Gasteiger partial charge on any atom is 0.319 e. The van der Waals surface area contributed by atoms with E-state index in [9.17, 15) is 9.90 Å². The van der Waals surface area contributed by atoms with Crippen molar-refractivity contribution in [2.45, 2.75) is 43.7 Å². The van der Waals surface area contributed by atoms with Gasteiger partial charge in [-0.25, -0.2) is 9.78 Å². The van der Waals surface area contributed by atoms with Gasteiger partial charge in [-0.15, -0.1) is 0 Å². The minimum Gasteiger partial charge on any atom is -0.392 e. The zero-order valence-corrected chi connectivity index (χ0v) is 23.4. The molecule has 8 nitrogen and oxygen atoms in total. The summed E-state index contributed by atoms with van der Waals surface area (Å²) >= 11 is 1.66. The summed E-state index contributed by atoms with van der Waals surface area (Å²) in [5.41, 5.74) is 4.48. The predicted molar refractivity (Wildman–Crippen MR) is 156 cm³/mol. The number of ether oxygens (including phenoxy) is 2. The fraction of sp³-hybridized carbons (Fsp3) is 0.290. The molecule has 0 bridgehead atoms. The number of carbonyl (C=O) groups excluding carboxylic acids is 1. The Kier molecular flexibility index (Phi) is 9.18. The Morgan fingerprint density at radius 2 is 1.70 bits per heavy atom. The largest absolute Gasteiger partial charge is 0.392 e. The molecule has 40 heavy (non-hydrogen) atoms. The lowest BCUT2D eigenvalue weighted by Crippen LogP contribution is -2.38. The van der Waals surface area contributed by atoms with Crippen LogP contribution in [0.25, 0.3) is 0 Å². The van der Waals surface area contributed by atoms with Crippen LogP contribution in [0.5, 0.6) is 0 Å². The third kappa shape index (κ3) is 6.92. The summed E-state index contributed by atoms with van der Waals surface area (Å²) in [4.78, 5) is 16.8. The molecule has 3 aromatic carbocycles. The maximum absolute atomic E-state index is 12.4. The molecule has 1 aliphatic heterocycles. The number of nitrogens with zero attached hydrogens (tertiary/aromatic N) is 2. The maximum atomic E-state index is 12.4. The molecule has 1 aromatic heterocycles. The zero-order valence-electron chi connectivity index (χ0n) is 22.6. The first kappa shape index (κ1) is 27.9. The number of aromatic nitrogens is 2. The molecule has 0 saturated carbocycles. The standard InChI is InChI=1S/C31H34N4O4S/c1-21-27(20-40-31-32-16-17-35(31)2)38-29(39-28(21)24-10-8-23(19-36)9-11-24)25-12-14-26(15-13-25)34-30(37)33-18-22-6-4-3-5-7-22/h3-17,21,27-29,36H,18-20H2,1-2H3,(H2,33,34,37)/t21-,27+,28+,29+/m1/s1. The summed E-state index contributed by atoms with van der Waals surface area (Å²) in [6, 6.07) is 24.9. The first-order chi connectivity index (χ1) is 19.5. The van der Waals surface area contributed by atoms with Crippen LogP contribution >= 0.6 is 11.8 Å². The summed E-state index contributed by atoms with van der Waals surface area (Å²) in [5, 5.41) is 16.2. The van der Waals surface area contributed by atoms with Crippen LogP contribution in [-0.4, -0.2) is 32.5 Å². The second-order valence-corrected chi connectivity index (χ2v) is 10.9. The highest BCUT2D eigenvalue weighted by atomic mass is 32.2. The van der Waals surface area contributed by atoms with Gasteiger partial charge < -0.3 is 29.8 Å². The number of amides is 2. The Bertz CT molecular complexity index is 1380. The molecule has 2 amide bonds. The molecule has 0 radical (unpaired) electrons. The number of carbonyl (C=O) groups is 1. The Hall–Kier alpha value is -3.63. The van der Waals surface area contributed by atoms with Crippen molar-refractivity contribution in [3.63, 3.8) is 0 Å². The summed E-state index contributed by atoms with van der Waals surface area (Å²) in [7, 11) is 1.98. The molecule has 1 fully saturated rings. The van der Waals surface area contributed by atoms with Gasteiger partial charge in [0.25, 0.3) is 0 Å². The van der Waals surface area contributed by atoms with Crippen LogP contribution in [0.2, 0.25) is 0 Å². The minimum absolute atomic E-state index is 0.000680. The van der Waals surface area contributed by atoms with Crippen LogP contribution in [0.15, 0.2) is 96.4 Å². The highest BCUT2D eigenvalue weighted by Gasteiger charge is 2.38. The molecule has 1 aliphatic rings. The van der Waals surface area contributed by atoms with Crippen LogP contribution in [-0.2, 0) is 29.7 Å². The SMILES string of the molecule is C[C@@H]1[C@H](CSc2nccn2C)O[C@H](c2ccc(NC(=O)NCc3ccccc3)cc2)O[C@@H]1c1ccc(CO)cc1. The monoisotopic (exact) mass is 558 g/mol. The molecule has 0 aliphatic carbocycles. The number of thioether (sulfide) groups is 1. The van der Waals surface area contributed by atoms with Crippen molar-refractivity contribution >= 4 is 23.5 Å². The van der Waals surface area contributed by atoms with Crippen LogP contribution in [0.1, 0.15) is 41.6 Å². The van der Waals surface area contributed by atoms with Crippen molar-refractivity contribution in [1.82, 2.24) is 14.9 Å². The fourth-order valence-electron chi connectivity index (χ4n) is 4.63. The molecule has 0 spiro atoms. The average Bonchev–Trinajstić information content (AvgIpc) is 3.41. The number of urea groups is 1. The van der Waals surface area contributed by atoms with E-state index in [-0.39, 0.29) is 30.8 Å². The molecule has 0 unspecified atom stereocenters. The van der Waals surface area contributed by atoms with Gasteiger partial charge in [0.1, 0.15) is 0 Å². The number of benzene rings is 3. The van der Waals surface area contributed by atoms with E-state index in [1.54, 1.807) is 18.0 Å². The van der Waals surface area contributed by atoms with Crippen molar-refractivity contribution in [3.05, 3.63) is 114 Å². The zero-order chi connectivity index (χ0) is 27.9. The number of aliphatic hydroxyl groups excluding tert-OH is 1. The van der Waals surface area contributed by atoms with Crippen molar-refractivity contribution in [2.24, 2.45) is 13.0 Å². The average molecular weight is 559 g/mol. The van der Waals surface area contributed by atoms with E-state index < -0.39 is 6.29 Å². The van der Waals surface area contributed by atoms with Crippen molar-refractivity contribution in [1.29, 1.82) is 0 Å². The Balaban J connectivity index is 1.28. The smallest absolute Gasteiger partial charge is 0.319 e. The number of rotatable bonds is 9. The van der Waals surface area contributed by atoms with Crippen LogP contribution < -0.4 is 10.6 Å². The molecule has 5 rings (SSSR count). The number of imidazole rings is 1. The quantitative estimate of drug-likeness (QED) is 0.224. The fourth-order valence-corrected chi connectivity index (χ4v) is 5.73. The van der Waals surface area contributed by atoms with E-state index in [1.807, 2.05) is 96.7 Å². The van der Waals surface area contributed by atoms with Gasteiger partial charge in [0.2, 0.25) is 0 Å². The number of nitrogens with one attached hydrogen (secondary N) is 2. The van der Waals surface area contributed by atoms with E-state index in [1.165, 1.54) is 0 Å². The van der Waals surface area contributed by atoms with Gasteiger partial charge in [-0.1, -0.05) is 85.4 Å². The number of hydrogen-bond donors (Lipinski definition) is 3. The van der Waals surface area contributed by atoms with Gasteiger partial charge in [0.05, 0.1) is 18.8 Å². The number of hydrogen-bond acceptors (Lipinski definition) is 6. The Morgan fingerprint density at radius 3 is 2.38 bits per heavy atom. The number of anilines is 1. The van der Waals surface area contributed by atoms with Crippen molar-refractivity contribution in [2.75, 3.05) is 11.1 Å². The van der Waals surface area contributed by atoms with Crippen LogP contribution in [0, 0.1) is 5.92 Å². The minimum atomic E-state index is -0.577. The van der Waals surface area contributed by atoms with Crippen LogP contribution in [0.3, 0.4) is 0 Å². The third-order valence-electron chi connectivity index (χ3n) is 7.01. The van der Waals surface area contributed by atoms with Gasteiger partial charge in [-0.3, -0.25) is 0 Å². The first-order valence-corrected chi connectivity index (χ1v) is 14.3. The van der Waals surface area contributed by atoms with E-state index in [4.69, 9.17) is 9.47 Å². The van der Waals surface area contributed by atoms with Crippen LogP contribution in [0.4, 0.5) is 10.5 Å². The molecular formula is C31H34N4O4S. The molecule has 3 N–H and O–H groups in total. The second-order valence-electron chi connectivity index (χ2n) is 9.87. The number of aliphatic hydroxyl groups is 1. The van der Waals surface area contributed by atoms with Gasteiger partial charge >= 0.3 is 6.03 Å². The summed E-state index contributed by atoms with van der Waals surface area (Å²) in [6.45, 7) is 2.59. The van der Waals surface area contributed by atoms with E-state index in [0.717, 1.165) is 33.2 Å². The summed E-state index contributed by atoms with van der Waals surface area (Å²) in [5.74, 6) is 0.802. The number of aryl methyl sites for hydroxylation is 1. The molecule has 208 valence electrons. The summed E-state index contributed by atoms with van der Waals surface area (Å²) in [6.07, 6.45) is 2.86. The van der Waals surface area contributed by atoms with Gasteiger partial charge in [-0.05, 0) is 28.8 Å². The molecular weight excluding hydrogens is 524 g/mol. The van der Waals surface area contributed by atoms with Gasteiger partial charge in [-0.2, -0.15) is 0 Å². The lowest BCUT2D eigenvalue weighted by Gasteiger charge is -2.41. The Morgan fingerprint density at radius 1 is 0.975 bits per heavy atom. The molecule has 9 heteroatoms. The van der Waals surface area contributed by atoms with E-state index in [0.29, 0.717) is 12.2 Å². The van der Waals surface area contributed by atoms with Crippen molar-refractivity contribution < 1.29 is 19.4 Å². The normalized spacial score (nSPS) is 20.7. The summed E-state index contributed by atoms with van der Waals surface area (Å²) < 4.78 is 15.0. The van der Waals surface area contributed by atoms with E-state index in [2.05, 4.69) is 22.5 Å². The predicted octanol–water partition coefficient (Wildman–Crippen LogP) is 5.82. The van der Waals surface area contributed by atoms with Gasteiger partial charge in [0.15, 0.2) is 11.4 Å². The molecule has 4 atom stereocenters. The highest BCUT2D eigenvalue weighted by Crippen LogP contribution is 2.43.